The predicted octanol–water partition coefficient (Wildman–Crippen LogP) is 7.13. The van der Waals surface area contributed by atoms with Gasteiger partial charge >= 0.3 is 12.3 Å². The summed E-state index contributed by atoms with van der Waals surface area (Å²) in [6.07, 6.45) is -5.70. The van der Waals surface area contributed by atoms with Crippen molar-refractivity contribution in [3.63, 3.8) is 0 Å². The van der Waals surface area contributed by atoms with Gasteiger partial charge in [-0.1, -0.05) is 42.5 Å². The first-order valence-corrected chi connectivity index (χ1v) is 12.4. The number of benzene rings is 4. The number of aliphatic carboxylic acids is 1. The molecule has 0 bridgehead atoms. The van der Waals surface area contributed by atoms with E-state index in [9.17, 15) is 22.8 Å². The fourth-order valence-corrected chi connectivity index (χ4v) is 4.78. The first-order valence-electron chi connectivity index (χ1n) is 12.4. The molecular weight excluding hydrogens is 523 g/mol. The van der Waals surface area contributed by atoms with E-state index in [-0.39, 0.29) is 12.3 Å². The Morgan fingerprint density at radius 3 is 2.38 bits per heavy atom. The maximum Gasteiger partial charge on any atom is 0.573 e. The van der Waals surface area contributed by atoms with E-state index in [1.807, 2.05) is 30.3 Å². The van der Waals surface area contributed by atoms with Crippen LogP contribution < -0.4 is 9.47 Å². The third-order valence-electron chi connectivity index (χ3n) is 6.68. The number of carboxylic acid groups (broad SMARTS) is 1. The van der Waals surface area contributed by atoms with Crippen molar-refractivity contribution in [1.29, 1.82) is 0 Å². The van der Waals surface area contributed by atoms with Crippen LogP contribution in [0.2, 0.25) is 0 Å². The molecule has 0 unspecified atom stereocenters. The molecule has 6 nitrogen and oxygen atoms in total. The lowest BCUT2D eigenvalue weighted by atomic mass is 10.0. The van der Waals surface area contributed by atoms with Crippen molar-refractivity contribution in [1.82, 2.24) is 4.57 Å². The molecule has 204 valence electrons. The highest BCUT2D eigenvalue weighted by Crippen LogP contribution is 2.34. The second-order valence-corrected chi connectivity index (χ2v) is 9.42. The molecule has 4 aromatic carbocycles. The molecular formula is C31H24F3NO5. The van der Waals surface area contributed by atoms with Crippen molar-refractivity contribution in [2.24, 2.45) is 0 Å². The van der Waals surface area contributed by atoms with E-state index in [2.05, 4.69) is 4.74 Å². The molecule has 0 fully saturated rings. The van der Waals surface area contributed by atoms with E-state index in [1.54, 1.807) is 43.3 Å². The van der Waals surface area contributed by atoms with Crippen molar-refractivity contribution in [2.75, 3.05) is 0 Å². The van der Waals surface area contributed by atoms with Gasteiger partial charge < -0.3 is 14.6 Å². The zero-order chi connectivity index (χ0) is 28.6. The summed E-state index contributed by atoms with van der Waals surface area (Å²) in [4.78, 5) is 25.0. The van der Waals surface area contributed by atoms with Crippen LogP contribution in [-0.2, 0) is 11.2 Å². The van der Waals surface area contributed by atoms with Crippen molar-refractivity contribution < 1.29 is 37.3 Å². The highest BCUT2D eigenvalue weighted by Gasteiger charge is 2.31. The van der Waals surface area contributed by atoms with Gasteiger partial charge in [0.15, 0.2) is 6.10 Å². The van der Waals surface area contributed by atoms with E-state index in [4.69, 9.17) is 9.84 Å². The maximum absolute atomic E-state index is 13.8. The number of alkyl halides is 3. The molecule has 9 heteroatoms. The zero-order valence-corrected chi connectivity index (χ0v) is 21.5. The van der Waals surface area contributed by atoms with E-state index < -0.39 is 24.2 Å². The minimum absolute atomic E-state index is 0.245. The Hall–Kier alpha value is -4.79. The van der Waals surface area contributed by atoms with Gasteiger partial charge in [-0.3, -0.25) is 9.36 Å². The summed E-state index contributed by atoms with van der Waals surface area (Å²) in [5.74, 6) is -1.50. The first kappa shape index (κ1) is 26.8. The zero-order valence-electron chi connectivity index (χ0n) is 21.5. The summed E-state index contributed by atoms with van der Waals surface area (Å²) >= 11 is 0. The molecule has 1 heterocycles. The van der Waals surface area contributed by atoms with Gasteiger partial charge in [0.25, 0.3) is 5.91 Å². The number of fused-ring (bicyclic) bond motifs is 2. The Morgan fingerprint density at radius 1 is 0.900 bits per heavy atom. The van der Waals surface area contributed by atoms with Gasteiger partial charge in [-0.25, -0.2) is 4.79 Å². The van der Waals surface area contributed by atoms with Gasteiger partial charge in [-0.2, -0.15) is 0 Å². The van der Waals surface area contributed by atoms with E-state index in [0.717, 1.165) is 16.3 Å². The molecule has 0 aliphatic rings. The molecule has 1 N–H and O–H groups in total. The fraction of sp³-hybridized carbons (Fsp3) is 0.161. The Morgan fingerprint density at radius 2 is 1.65 bits per heavy atom. The fourth-order valence-electron chi connectivity index (χ4n) is 4.78. The topological polar surface area (TPSA) is 77.8 Å². The van der Waals surface area contributed by atoms with Crippen molar-refractivity contribution in [3.8, 4) is 11.5 Å². The predicted molar refractivity (Wildman–Crippen MR) is 144 cm³/mol. The van der Waals surface area contributed by atoms with Gasteiger partial charge in [-0.15, -0.1) is 13.2 Å². The third-order valence-corrected chi connectivity index (χ3v) is 6.68. The van der Waals surface area contributed by atoms with Crippen LogP contribution in [0.3, 0.4) is 0 Å². The van der Waals surface area contributed by atoms with Crippen LogP contribution in [0.25, 0.3) is 21.7 Å². The highest BCUT2D eigenvalue weighted by molar-refractivity contribution is 6.06. The molecule has 0 spiro atoms. The monoisotopic (exact) mass is 547 g/mol. The first-order chi connectivity index (χ1) is 19.0. The number of rotatable bonds is 7. The summed E-state index contributed by atoms with van der Waals surface area (Å²) < 4.78 is 50.2. The normalized spacial score (nSPS) is 12.4. The standard InChI is InChI=1S/C31H24F3NO5/c1-18-26(15-20-6-5-9-24(14-20)39-19(2)30(37)38)27-17-25(40-31(32,33)34)12-13-28(27)35(18)29(36)23-11-10-21-7-3-4-8-22(21)16-23/h3-14,16-17,19H,15H2,1-2H3,(H,37,38)/t19-/m0/s1. The van der Waals surface area contributed by atoms with Crippen LogP contribution in [-0.4, -0.2) is 34.0 Å². The molecule has 1 atom stereocenters. The molecule has 0 aliphatic carbocycles. The lowest BCUT2D eigenvalue weighted by Gasteiger charge is -2.12. The molecule has 40 heavy (non-hydrogen) atoms. The van der Waals surface area contributed by atoms with Crippen LogP contribution in [0, 0.1) is 6.92 Å². The van der Waals surface area contributed by atoms with Crippen LogP contribution in [0.15, 0.2) is 84.9 Å². The summed E-state index contributed by atoms with van der Waals surface area (Å²) in [6, 6.07) is 23.7. The van der Waals surface area contributed by atoms with Crippen molar-refractivity contribution in [2.45, 2.75) is 32.7 Å². The molecule has 0 saturated carbocycles. The molecule has 0 saturated heterocycles. The van der Waals surface area contributed by atoms with E-state index in [1.165, 1.54) is 29.7 Å². The molecule has 5 aromatic rings. The number of nitrogens with zero attached hydrogens (tertiary/aromatic N) is 1. The molecule has 1 aromatic heterocycles. The Kier molecular flexibility index (Phi) is 6.97. The maximum atomic E-state index is 13.8. The number of carboxylic acids is 1. The SMILES string of the molecule is Cc1c(Cc2cccc(O[C@@H](C)C(=O)O)c2)c2cc(OC(F)(F)F)ccc2n1C(=O)c1ccc2ccccc2c1. The summed E-state index contributed by atoms with van der Waals surface area (Å²) in [5, 5.41) is 11.5. The number of halogens is 3. The number of hydrogen-bond acceptors (Lipinski definition) is 4. The van der Waals surface area contributed by atoms with Crippen molar-refractivity contribution in [3.05, 3.63) is 107 Å². The van der Waals surface area contributed by atoms with Gasteiger partial charge in [0.1, 0.15) is 11.5 Å². The Bertz CT molecular complexity index is 1760. The van der Waals surface area contributed by atoms with Gasteiger partial charge in [-0.05, 0) is 84.6 Å². The quantitative estimate of drug-likeness (QED) is 0.235. The van der Waals surface area contributed by atoms with Crippen LogP contribution >= 0.6 is 0 Å². The minimum atomic E-state index is -4.88. The lowest BCUT2D eigenvalue weighted by molar-refractivity contribution is -0.274. The Labute approximate surface area is 227 Å². The largest absolute Gasteiger partial charge is 0.573 e. The second kappa shape index (κ2) is 10.4. The van der Waals surface area contributed by atoms with Crippen LogP contribution in [0.1, 0.15) is 34.1 Å². The number of hydrogen-bond donors (Lipinski definition) is 1. The summed E-state index contributed by atoms with van der Waals surface area (Å²) in [6.45, 7) is 3.15. The Balaban J connectivity index is 1.61. The molecule has 0 radical (unpaired) electrons. The van der Waals surface area contributed by atoms with Gasteiger partial charge in [0.2, 0.25) is 0 Å². The van der Waals surface area contributed by atoms with Gasteiger partial charge in [0.05, 0.1) is 5.52 Å². The van der Waals surface area contributed by atoms with Crippen LogP contribution in [0.5, 0.6) is 11.5 Å². The average Bonchev–Trinajstić information content (AvgIpc) is 3.17. The van der Waals surface area contributed by atoms with E-state index in [0.29, 0.717) is 33.5 Å². The van der Waals surface area contributed by atoms with Gasteiger partial charge in [0, 0.05) is 16.6 Å². The van der Waals surface area contributed by atoms with Crippen LogP contribution in [0.4, 0.5) is 13.2 Å². The molecule has 5 rings (SSSR count). The third kappa shape index (κ3) is 5.49. The summed E-state index contributed by atoms with van der Waals surface area (Å²) in [7, 11) is 0. The second-order valence-electron chi connectivity index (χ2n) is 9.42. The smallest absolute Gasteiger partial charge is 0.479 e. The number of carbonyl (C=O) groups is 2. The lowest BCUT2D eigenvalue weighted by Crippen LogP contribution is -2.22. The average molecular weight is 548 g/mol. The summed E-state index contributed by atoms with van der Waals surface area (Å²) in [5.41, 5.74) is 2.77. The highest BCUT2D eigenvalue weighted by atomic mass is 19.4. The van der Waals surface area contributed by atoms with E-state index >= 15 is 0 Å². The minimum Gasteiger partial charge on any atom is -0.479 e. The number of carbonyl (C=O) groups excluding carboxylic acids is 1. The number of ether oxygens (including phenoxy) is 2. The molecule has 0 aliphatic heterocycles. The molecule has 0 amide bonds. The number of aromatic nitrogens is 1. The van der Waals surface area contributed by atoms with Crippen molar-refractivity contribution >= 4 is 33.6 Å².